The van der Waals surface area contributed by atoms with Gasteiger partial charge in [0.05, 0.1) is 5.75 Å². The fourth-order valence-electron chi connectivity index (χ4n) is 3.94. The molecule has 0 unspecified atom stereocenters. The Hall–Kier alpha value is -2.50. The molecule has 0 aliphatic rings. The molecule has 5 heteroatoms. The van der Waals surface area contributed by atoms with Gasteiger partial charge in [0.1, 0.15) is 0 Å². The lowest BCUT2D eigenvalue weighted by atomic mass is 10.1. The SMILES string of the molecule is Cc1cc(C)c(NC(=O)CSc2cn(Cc3ccc(Br)cc3)c3ccccc23)c(C)c1. The molecule has 4 aromatic rings. The molecule has 0 aliphatic carbocycles. The Morgan fingerprint density at radius 2 is 1.68 bits per heavy atom. The predicted octanol–water partition coefficient (Wildman–Crippen LogP) is 7.11. The van der Waals surface area contributed by atoms with E-state index in [-0.39, 0.29) is 5.91 Å². The fraction of sp³-hybridized carbons (Fsp3) is 0.192. The number of aromatic nitrogens is 1. The van der Waals surface area contributed by atoms with E-state index < -0.39 is 0 Å². The van der Waals surface area contributed by atoms with Gasteiger partial charge in [-0.1, -0.05) is 64.0 Å². The Morgan fingerprint density at radius 3 is 2.39 bits per heavy atom. The van der Waals surface area contributed by atoms with Crippen LogP contribution in [-0.4, -0.2) is 16.2 Å². The van der Waals surface area contributed by atoms with E-state index in [4.69, 9.17) is 0 Å². The monoisotopic (exact) mass is 492 g/mol. The molecule has 3 nitrogen and oxygen atoms in total. The number of rotatable bonds is 6. The third-order valence-electron chi connectivity index (χ3n) is 5.32. The van der Waals surface area contributed by atoms with Crippen molar-refractivity contribution in [1.29, 1.82) is 0 Å². The lowest BCUT2D eigenvalue weighted by molar-refractivity contribution is -0.113. The first-order valence-electron chi connectivity index (χ1n) is 10.2. The number of anilines is 1. The molecule has 0 bridgehead atoms. The molecule has 0 spiro atoms. The minimum atomic E-state index is 0.0183. The van der Waals surface area contributed by atoms with Crippen molar-refractivity contribution in [1.82, 2.24) is 4.57 Å². The van der Waals surface area contributed by atoms with Crippen LogP contribution in [0.4, 0.5) is 5.69 Å². The summed E-state index contributed by atoms with van der Waals surface area (Å²) in [5.41, 5.74) is 6.75. The van der Waals surface area contributed by atoms with Crippen molar-refractivity contribution >= 4 is 50.2 Å². The van der Waals surface area contributed by atoms with Gasteiger partial charge in [-0.05, 0) is 55.7 Å². The van der Waals surface area contributed by atoms with Gasteiger partial charge < -0.3 is 9.88 Å². The summed E-state index contributed by atoms with van der Waals surface area (Å²) in [6, 6.07) is 21.0. The third kappa shape index (κ3) is 5.05. The van der Waals surface area contributed by atoms with Crippen LogP contribution in [0, 0.1) is 20.8 Å². The largest absolute Gasteiger partial charge is 0.342 e. The zero-order valence-electron chi connectivity index (χ0n) is 17.9. The summed E-state index contributed by atoms with van der Waals surface area (Å²) >= 11 is 5.08. The molecule has 0 saturated heterocycles. The number of fused-ring (bicyclic) bond motifs is 1. The number of hydrogen-bond donors (Lipinski definition) is 1. The van der Waals surface area contributed by atoms with Crippen LogP contribution in [0.5, 0.6) is 0 Å². The van der Waals surface area contributed by atoms with Crippen molar-refractivity contribution in [3.63, 3.8) is 0 Å². The van der Waals surface area contributed by atoms with E-state index in [1.165, 1.54) is 22.0 Å². The molecule has 1 N–H and O–H groups in total. The number of carbonyl (C=O) groups is 1. The number of nitrogens with zero attached hydrogens (tertiary/aromatic N) is 1. The molecule has 1 heterocycles. The second kappa shape index (κ2) is 9.33. The quantitative estimate of drug-likeness (QED) is 0.291. The first-order valence-corrected chi connectivity index (χ1v) is 12.0. The molecule has 158 valence electrons. The Bertz CT molecular complexity index is 1220. The van der Waals surface area contributed by atoms with Crippen LogP contribution in [0.3, 0.4) is 0 Å². The average molecular weight is 493 g/mol. The summed E-state index contributed by atoms with van der Waals surface area (Å²) in [6.07, 6.45) is 2.16. The first kappa shape index (κ1) is 21.7. The maximum absolute atomic E-state index is 12.7. The summed E-state index contributed by atoms with van der Waals surface area (Å²) in [4.78, 5) is 13.8. The lowest BCUT2D eigenvalue weighted by Crippen LogP contribution is -2.15. The van der Waals surface area contributed by atoms with Gasteiger partial charge in [-0.2, -0.15) is 0 Å². The van der Waals surface area contributed by atoms with E-state index in [1.807, 2.05) is 13.8 Å². The molecule has 1 amide bonds. The van der Waals surface area contributed by atoms with Gasteiger partial charge in [0, 0.05) is 38.7 Å². The summed E-state index contributed by atoms with van der Waals surface area (Å²) in [6.45, 7) is 6.95. The third-order valence-corrected chi connectivity index (χ3v) is 6.89. The molecule has 31 heavy (non-hydrogen) atoms. The minimum Gasteiger partial charge on any atom is -0.342 e. The van der Waals surface area contributed by atoms with E-state index in [0.717, 1.165) is 32.7 Å². The van der Waals surface area contributed by atoms with Gasteiger partial charge in [0.25, 0.3) is 0 Å². The highest BCUT2D eigenvalue weighted by Gasteiger charge is 2.13. The standard InChI is InChI=1S/C26H25BrN2OS/c1-17-12-18(2)26(19(3)13-17)28-25(30)16-31-24-15-29(23-7-5-4-6-22(23)24)14-20-8-10-21(27)11-9-20/h4-13,15H,14,16H2,1-3H3,(H,28,30). The van der Waals surface area contributed by atoms with Crippen molar-refractivity contribution in [3.8, 4) is 0 Å². The maximum Gasteiger partial charge on any atom is 0.234 e. The Balaban J connectivity index is 1.51. The number of thioether (sulfide) groups is 1. The molecule has 0 atom stereocenters. The number of para-hydroxylation sites is 1. The van der Waals surface area contributed by atoms with Crippen LogP contribution in [0.1, 0.15) is 22.3 Å². The molecule has 0 saturated carbocycles. The van der Waals surface area contributed by atoms with Crippen molar-refractivity contribution in [3.05, 3.63) is 93.6 Å². The minimum absolute atomic E-state index is 0.0183. The first-order chi connectivity index (χ1) is 14.9. The highest BCUT2D eigenvalue weighted by molar-refractivity contribution is 9.10. The van der Waals surface area contributed by atoms with Gasteiger partial charge in [0.2, 0.25) is 5.91 Å². The normalized spacial score (nSPS) is 11.1. The zero-order valence-corrected chi connectivity index (χ0v) is 20.3. The number of carbonyl (C=O) groups excluding carboxylic acids is 1. The van der Waals surface area contributed by atoms with E-state index in [0.29, 0.717) is 5.75 Å². The highest BCUT2D eigenvalue weighted by Crippen LogP contribution is 2.31. The van der Waals surface area contributed by atoms with E-state index in [9.17, 15) is 4.79 Å². The van der Waals surface area contributed by atoms with Crippen LogP contribution in [0.15, 0.2) is 76.2 Å². The van der Waals surface area contributed by atoms with Crippen molar-refractivity contribution in [2.75, 3.05) is 11.1 Å². The van der Waals surface area contributed by atoms with Crippen LogP contribution >= 0.6 is 27.7 Å². The fourth-order valence-corrected chi connectivity index (χ4v) is 5.09. The molecule has 3 aromatic carbocycles. The number of aryl methyl sites for hydroxylation is 3. The predicted molar refractivity (Wildman–Crippen MR) is 135 cm³/mol. The number of halogens is 1. The van der Waals surface area contributed by atoms with E-state index >= 15 is 0 Å². The number of nitrogens with one attached hydrogen (secondary N) is 1. The Morgan fingerprint density at radius 1 is 1.00 bits per heavy atom. The van der Waals surface area contributed by atoms with Gasteiger partial charge >= 0.3 is 0 Å². The Labute approximate surface area is 196 Å². The molecule has 1 aromatic heterocycles. The lowest BCUT2D eigenvalue weighted by Gasteiger charge is -2.12. The number of amides is 1. The smallest absolute Gasteiger partial charge is 0.234 e. The van der Waals surface area contributed by atoms with Crippen LogP contribution in [0.2, 0.25) is 0 Å². The Kier molecular flexibility index (Phi) is 6.54. The van der Waals surface area contributed by atoms with Crippen LogP contribution in [0.25, 0.3) is 10.9 Å². The van der Waals surface area contributed by atoms with Gasteiger partial charge in [-0.15, -0.1) is 11.8 Å². The molecule has 0 radical (unpaired) electrons. The van der Waals surface area contributed by atoms with E-state index in [2.05, 4.69) is 99.6 Å². The zero-order chi connectivity index (χ0) is 22.0. The van der Waals surface area contributed by atoms with Gasteiger partial charge in [-0.25, -0.2) is 0 Å². The van der Waals surface area contributed by atoms with Gasteiger partial charge in [0.15, 0.2) is 0 Å². The summed E-state index contributed by atoms with van der Waals surface area (Å²) in [5, 5.41) is 4.29. The molecular weight excluding hydrogens is 468 g/mol. The molecular formula is C26H25BrN2OS. The molecule has 0 fully saturated rings. The van der Waals surface area contributed by atoms with Crippen LogP contribution < -0.4 is 5.32 Å². The highest BCUT2D eigenvalue weighted by atomic mass is 79.9. The van der Waals surface area contributed by atoms with Gasteiger partial charge in [-0.3, -0.25) is 4.79 Å². The maximum atomic E-state index is 12.7. The molecule has 0 aliphatic heterocycles. The number of hydrogen-bond acceptors (Lipinski definition) is 2. The van der Waals surface area contributed by atoms with E-state index in [1.54, 1.807) is 11.8 Å². The second-order valence-electron chi connectivity index (χ2n) is 7.88. The van der Waals surface area contributed by atoms with Crippen molar-refractivity contribution < 1.29 is 4.79 Å². The number of benzene rings is 3. The summed E-state index contributed by atoms with van der Waals surface area (Å²) in [7, 11) is 0. The second-order valence-corrected chi connectivity index (χ2v) is 9.81. The van der Waals surface area contributed by atoms with Crippen molar-refractivity contribution in [2.45, 2.75) is 32.2 Å². The summed E-state index contributed by atoms with van der Waals surface area (Å²) < 4.78 is 3.34. The summed E-state index contributed by atoms with van der Waals surface area (Å²) in [5.74, 6) is 0.392. The van der Waals surface area contributed by atoms with Crippen molar-refractivity contribution in [2.24, 2.45) is 0 Å². The average Bonchev–Trinajstić information content (AvgIpc) is 3.08. The molecule has 4 rings (SSSR count). The topological polar surface area (TPSA) is 34.0 Å². The van der Waals surface area contributed by atoms with Crippen LogP contribution in [-0.2, 0) is 11.3 Å².